The second kappa shape index (κ2) is 7.75. The van der Waals surface area contributed by atoms with Crippen LogP contribution in [0.2, 0.25) is 0 Å². The van der Waals surface area contributed by atoms with Gasteiger partial charge in [0.15, 0.2) is 0 Å². The number of benzene rings is 1. The molecular weight excluding hydrogens is 362 g/mol. The molecule has 0 radical (unpaired) electrons. The van der Waals surface area contributed by atoms with E-state index in [1.807, 2.05) is 38.1 Å². The van der Waals surface area contributed by atoms with Crippen LogP contribution in [0.3, 0.4) is 0 Å². The first-order valence-corrected chi connectivity index (χ1v) is 9.56. The highest BCUT2D eigenvalue weighted by Crippen LogP contribution is 2.25. The average molecular weight is 383 g/mol. The molecule has 1 N–H and O–H groups in total. The van der Waals surface area contributed by atoms with Crippen LogP contribution < -0.4 is 10.9 Å². The smallest absolute Gasteiger partial charge is 0.274 e. The summed E-state index contributed by atoms with van der Waals surface area (Å²) in [5.74, 6) is -0.534. The van der Waals surface area contributed by atoms with Gasteiger partial charge in [-0.1, -0.05) is 18.2 Å². The highest BCUT2D eigenvalue weighted by Gasteiger charge is 2.18. The molecule has 27 heavy (non-hydrogen) atoms. The van der Waals surface area contributed by atoms with E-state index in [2.05, 4.69) is 5.32 Å². The number of amides is 2. The van der Waals surface area contributed by atoms with E-state index in [9.17, 15) is 14.4 Å². The van der Waals surface area contributed by atoms with Gasteiger partial charge in [0.2, 0.25) is 0 Å². The number of rotatable bonds is 5. The third kappa shape index (κ3) is 3.78. The minimum Gasteiger partial charge on any atom is -0.339 e. The maximum atomic E-state index is 12.6. The Kier molecular flexibility index (Phi) is 5.41. The number of hydrogen-bond acceptors (Lipinski definition) is 4. The van der Waals surface area contributed by atoms with Gasteiger partial charge in [0.05, 0.1) is 10.4 Å². The van der Waals surface area contributed by atoms with Gasteiger partial charge in [0, 0.05) is 31.0 Å². The van der Waals surface area contributed by atoms with Crippen LogP contribution in [0.5, 0.6) is 0 Å². The predicted octanol–water partition coefficient (Wildman–Crippen LogP) is 3.33. The third-order valence-electron chi connectivity index (χ3n) is 4.38. The number of carbonyl (C=O) groups is 2. The van der Waals surface area contributed by atoms with Crippen LogP contribution in [0.4, 0.5) is 5.69 Å². The molecule has 140 valence electrons. The minimum atomic E-state index is -0.361. The summed E-state index contributed by atoms with van der Waals surface area (Å²) in [6.45, 7) is 4.93. The summed E-state index contributed by atoms with van der Waals surface area (Å²) in [4.78, 5) is 39.8. The first-order valence-electron chi connectivity index (χ1n) is 8.74. The van der Waals surface area contributed by atoms with Gasteiger partial charge in [-0.2, -0.15) is 0 Å². The summed E-state index contributed by atoms with van der Waals surface area (Å²) in [6.07, 6.45) is 1.50. The molecule has 0 spiro atoms. The second-order valence-corrected chi connectivity index (χ2v) is 7.22. The molecule has 0 unspecified atom stereocenters. The lowest BCUT2D eigenvalue weighted by Crippen LogP contribution is -2.32. The molecule has 0 aliphatic rings. The highest BCUT2D eigenvalue weighted by atomic mass is 32.1. The fraction of sp³-hybridized carbons (Fsp3) is 0.250. The molecule has 0 aliphatic carbocycles. The first kappa shape index (κ1) is 18.8. The molecule has 1 aromatic carbocycles. The number of hydrogen-bond donors (Lipinski definition) is 1. The molecule has 3 rings (SSSR count). The number of nitrogens with one attached hydrogen (secondary N) is 1. The summed E-state index contributed by atoms with van der Waals surface area (Å²) < 4.78 is 2.32. The van der Waals surface area contributed by atoms with E-state index in [0.717, 1.165) is 10.1 Å². The molecule has 0 saturated heterocycles. The van der Waals surface area contributed by atoms with Crippen molar-refractivity contribution < 1.29 is 9.59 Å². The summed E-state index contributed by atoms with van der Waals surface area (Å²) >= 11 is 1.36. The number of carbonyl (C=O) groups excluding carboxylic acids is 2. The maximum absolute atomic E-state index is 12.6. The number of thiophene rings is 1. The second-order valence-electron chi connectivity index (χ2n) is 6.14. The van der Waals surface area contributed by atoms with Crippen LogP contribution in [0.1, 0.15) is 33.9 Å². The zero-order valence-corrected chi connectivity index (χ0v) is 16.3. The lowest BCUT2D eigenvalue weighted by Gasteiger charge is -2.19. The summed E-state index contributed by atoms with van der Waals surface area (Å²) in [6, 6.07) is 11.0. The summed E-state index contributed by atoms with van der Waals surface area (Å²) in [5, 5.41) is 3.64. The van der Waals surface area contributed by atoms with Crippen LogP contribution in [-0.2, 0) is 7.05 Å². The topological polar surface area (TPSA) is 71.4 Å². The van der Waals surface area contributed by atoms with E-state index < -0.39 is 0 Å². The fourth-order valence-corrected chi connectivity index (χ4v) is 3.85. The van der Waals surface area contributed by atoms with E-state index in [4.69, 9.17) is 0 Å². The van der Waals surface area contributed by atoms with Gasteiger partial charge in [-0.3, -0.25) is 14.4 Å². The molecule has 0 fully saturated rings. The largest absolute Gasteiger partial charge is 0.339 e. The van der Waals surface area contributed by atoms with Gasteiger partial charge in [-0.15, -0.1) is 11.3 Å². The Morgan fingerprint density at radius 2 is 1.85 bits per heavy atom. The predicted molar refractivity (Wildman–Crippen MR) is 109 cm³/mol. The quantitative estimate of drug-likeness (QED) is 0.735. The van der Waals surface area contributed by atoms with E-state index in [0.29, 0.717) is 23.5 Å². The van der Waals surface area contributed by atoms with Crippen molar-refractivity contribution in [1.82, 2.24) is 9.47 Å². The van der Waals surface area contributed by atoms with Crippen molar-refractivity contribution in [1.29, 1.82) is 0 Å². The molecule has 3 aromatic rings. The Labute approximate surface area is 161 Å². The SMILES string of the molecule is CCN(CC)C(=O)c1cc(NC(=O)c2cc3ccccc3s2)c(=O)n(C)c1. The van der Waals surface area contributed by atoms with Crippen LogP contribution in [0, 0.1) is 0 Å². The number of fused-ring (bicyclic) bond motifs is 1. The van der Waals surface area contributed by atoms with Crippen molar-refractivity contribution in [2.45, 2.75) is 13.8 Å². The van der Waals surface area contributed by atoms with Crippen molar-refractivity contribution in [2.24, 2.45) is 7.05 Å². The summed E-state index contributed by atoms with van der Waals surface area (Å²) in [5.41, 5.74) is 0.103. The number of aryl methyl sites for hydroxylation is 1. The average Bonchev–Trinajstić information content (AvgIpc) is 3.10. The number of nitrogens with zero attached hydrogens (tertiary/aromatic N) is 2. The van der Waals surface area contributed by atoms with Crippen molar-refractivity contribution in [3.63, 3.8) is 0 Å². The van der Waals surface area contributed by atoms with Crippen molar-refractivity contribution in [2.75, 3.05) is 18.4 Å². The molecule has 0 atom stereocenters. The van der Waals surface area contributed by atoms with Crippen LogP contribution in [0.25, 0.3) is 10.1 Å². The first-order chi connectivity index (χ1) is 12.9. The van der Waals surface area contributed by atoms with Gasteiger partial charge >= 0.3 is 0 Å². The van der Waals surface area contributed by atoms with Crippen molar-refractivity contribution in [3.8, 4) is 0 Å². The van der Waals surface area contributed by atoms with Crippen molar-refractivity contribution in [3.05, 3.63) is 63.4 Å². The zero-order valence-electron chi connectivity index (χ0n) is 15.5. The van der Waals surface area contributed by atoms with Gasteiger partial charge in [0.1, 0.15) is 5.69 Å². The molecule has 0 bridgehead atoms. The Bertz CT molecular complexity index is 1030. The molecule has 0 aliphatic heterocycles. The Morgan fingerprint density at radius 3 is 2.52 bits per heavy atom. The lowest BCUT2D eigenvalue weighted by molar-refractivity contribution is 0.0771. The number of pyridine rings is 1. The number of aromatic nitrogens is 1. The Morgan fingerprint density at radius 1 is 1.15 bits per heavy atom. The van der Waals surface area contributed by atoms with Gasteiger partial charge < -0.3 is 14.8 Å². The number of anilines is 1. The van der Waals surface area contributed by atoms with Gasteiger partial charge in [-0.25, -0.2) is 0 Å². The Hall–Kier alpha value is -2.93. The monoisotopic (exact) mass is 383 g/mol. The summed E-state index contributed by atoms with van der Waals surface area (Å²) in [7, 11) is 1.57. The van der Waals surface area contributed by atoms with E-state index in [1.165, 1.54) is 28.2 Å². The molecular formula is C20H21N3O3S. The Balaban J connectivity index is 1.92. The van der Waals surface area contributed by atoms with E-state index in [1.54, 1.807) is 18.0 Å². The van der Waals surface area contributed by atoms with Crippen LogP contribution >= 0.6 is 11.3 Å². The normalized spacial score (nSPS) is 10.8. The molecule has 2 aromatic heterocycles. The molecule has 2 amide bonds. The van der Waals surface area contributed by atoms with E-state index >= 15 is 0 Å². The lowest BCUT2D eigenvalue weighted by atomic mass is 10.2. The minimum absolute atomic E-state index is 0.0953. The maximum Gasteiger partial charge on any atom is 0.274 e. The standard InChI is InChI=1S/C20H21N3O3S/c1-4-23(5-2)19(25)14-10-15(20(26)22(3)12-14)21-18(24)17-11-13-8-6-7-9-16(13)27-17/h6-12H,4-5H2,1-3H3,(H,21,24). The van der Waals surface area contributed by atoms with Gasteiger partial charge in [-0.05, 0) is 37.4 Å². The van der Waals surface area contributed by atoms with Crippen LogP contribution in [-0.4, -0.2) is 34.4 Å². The van der Waals surface area contributed by atoms with Crippen LogP contribution in [0.15, 0.2) is 47.4 Å². The fourth-order valence-electron chi connectivity index (χ4n) is 2.89. The van der Waals surface area contributed by atoms with Crippen molar-refractivity contribution >= 4 is 38.9 Å². The van der Waals surface area contributed by atoms with E-state index in [-0.39, 0.29) is 23.1 Å². The highest BCUT2D eigenvalue weighted by molar-refractivity contribution is 7.20. The molecule has 0 saturated carbocycles. The molecule has 7 heteroatoms. The molecule has 2 heterocycles. The third-order valence-corrected chi connectivity index (χ3v) is 5.49. The van der Waals surface area contributed by atoms with Gasteiger partial charge in [0.25, 0.3) is 17.4 Å². The zero-order chi connectivity index (χ0) is 19.6. The molecule has 6 nitrogen and oxygen atoms in total.